The highest BCUT2D eigenvalue weighted by atomic mass is 32.2. The van der Waals surface area contributed by atoms with Gasteiger partial charge in [-0.25, -0.2) is 0 Å². The summed E-state index contributed by atoms with van der Waals surface area (Å²) < 4.78 is 1.67. The highest BCUT2D eigenvalue weighted by molar-refractivity contribution is 7.99. The number of anilines is 1. The summed E-state index contributed by atoms with van der Waals surface area (Å²) in [5.74, 6) is 1.15. The Balaban J connectivity index is 1.85. The number of benzene rings is 1. The number of hydrogen-bond donors (Lipinski definition) is 0. The maximum absolute atomic E-state index is 12.4. The van der Waals surface area contributed by atoms with E-state index in [0.29, 0.717) is 6.54 Å². The molecule has 1 aromatic carbocycles. The molecule has 0 unspecified atom stereocenters. The molecule has 1 aromatic heterocycles. The molecule has 2 heterocycles. The van der Waals surface area contributed by atoms with E-state index in [4.69, 9.17) is 0 Å². The fourth-order valence-electron chi connectivity index (χ4n) is 2.20. The standard InChI is InChI=1S/C14H15N3OS/c18-14(11-16-8-3-7-15-16)17-9-4-10-19-13-6-2-1-5-12(13)17/h1-3,5-8H,4,9-11H2. The third kappa shape index (κ3) is 2.66. The molecule has 1 amide bonds. The van der Waals surface area contributed by atoms with Gasteiger partial charge in [0.1, 0.15) is 6.54 Å². The Labute approximate surface area is 116 Å². The molecule has 0 fully saturated rings. The Morgan fingerprint density at radius 2 is 2.21 bits per heavy atom. The number of amides is 1. The normalized spacial score (nSPS) is 14.8. The first-order valence-corrected chi connectivity index (χ1v) is 7.33. The summed E-state index contributed by atoms with van der Waals surface area (Å²) in [5.41, 5.74) is 1.03. The highest BCUT2D eigenvalue weighted by Crippen LogP contribution is 2.33. The minimum Gasteiger partial charge on any atom is -0.310 e. The van der Waals surface area contributed by atoms with Crippen molar-refractivity contribution in [1.29, 1.82) is 0 Å². The van der Waals surface area contributed by atoms with E-state index in [-0.39, 0.29) is 5.91 Å². The molecule has 19 heavy (non-hydrogen) atoms. The lowest BCUT2D eigenvalue weighted by atomic mass is 10.2. The van der Waals surface area contributed by atoms with E-state index in [1.54, 1.807) is 10.9 Å². The smallest absolute Gasteiger partial charge is 0.248 e. The second-order valence-corrected chi connectivity index (χ2v) is 5.56. The second kappa shape index (κ2) is 5.48. The summed E-state index contributed by atoms with van der Waals surface area (Å²) in [6.45, 7) is 1.08. The second-order valence-electron chi connectivity index (χ2n) is 4.42. The van der Waals surface area contributed by atoms with Crippen LogP contribution in [0.25, 0.3) is 0 Å². The van der Waals surface area contributed by atoms with E-state index in [0.717, 1.165) is 24.4 Å². The van der Waals surface area contributed by atoms with Crippen molar-refractivity contribution in [3.8, 4) is 0 Å². The Morgan fingerprint density at radius 3 is 3.05 bits per heavy atom. The van der Waals surface area contributed by atoms with Crippen LogP contribution in [0.4, 0.5) is 5.69 Å². The van der Waals surface area contributed by atoms with Crippen molar-refractivity contribution < 1.29 is 4.79 Å². The molecule has 0 saturated heterocycles. The first-order chi connectivity index (χ1) is 9.34. The largest absolute Gasteiger partial charge is 0.310 e. The van der Waals surface area contributed by atoms with E-state index < -0.39 is 0 Å². The number of carbonyl (C=O) groups is 1. The minimum atomic E-state index is 0.0960. The number of nitrogens with zero attached hydrogens (tertiary/aromatic N) is 3. The third-order valence-corrected chi connectivity index (χ3v) is 4.25. The maximum atomic E-state index is 12.4. The number of rotatable bonds is 2. The van der Waals surface area contributed by atoms with Crippen LogP contribution in [-0.4, -0.2) is 28.0 Å². The SMILES string of the molecule is O=C(Cn1cccn1)N1CCCSc2ccccc21. The van der Waals surface area contributed by atoms with Crippen molar-refractivity contribution in [2.75, 3.05) is 17.2 Å². The fraction of sp³-hybridized carbons (Fsp3) is 0.286. The van der Waals surface area contributed by atoms with Crippen molar-refractivity contribution in [1.82, 2.24) is 9.78 Å². The molecule has 3 rings (SSSR count). The fourth-order valence-corrected chi connectivity index (χ4v) is 3.20. The van der Waals surface area contributed by atoms with Crippen molar-refractivity contribution in [2.45, 2.75) is 17.9 Å². The van der Waals surface area contributed by atoms with Crippen LogP contribution < -0.4 is 4.90 Å². The van der Waals surface area contributed by atoms with Gasteiger partial charge in [0.25, 0.3) is 0 Å². The van der Waals surface area contributed by atoms with Crippen molar-refractivity contribution in [3.63, 3.8) is 0 Å². The van der Waals surface area contributed by atoms with E-state index in [9.17, 15) is 4.79 Å². The van der Waals surface area contributed by atoms with Gasteiger partial charge in [-0.15, -0.1) is 11.8 Å². The van der Waals surface area contributed by atoms with Gasteiger partial charge in [0, 0.05) is 23.8 Å². The Kier molecular flexibility index (Phi) is 3.55. The summed E-state index contributed by atoms with van der Waals surface area (Å²) in [7, 11) is 0. The molecule has 4 nitrogen and oxygen atoms in total. The molecular weight excluding hydrogens is 258 g/mol. The summed E-state index contributed by atoms with van der Waals surface area (Å²) in [5, 5.41) is 4.09. The van der Waals surface area contributed by atoms with Crippen LogP contribution in [0.1, 0.15) is 6.42 Å². The first kappa shape index (κ1) is 12.3. The zero-order valence-electron chi connectivity index (χ0n) is 10.5. The molecule has 1 aliphatic heterocycles. The Bertz CT molecular complexity index is 568. The monoisotopic (exact) mass is 273 g/mol. The van der Waals surface area contributed by atoms with E-state index >= 15 is 0 Å². The Morgan fingerprint density at radius 1 is 1.32 bits per heavy atom. The number of para-hydroxylation sites is 1. The summed E-state index contributed by atoms with van der Waals surface area (Å²) >= 11 is 1.82. The number of carbonyl (C=O) groups excluding carboxylic acids is 1. The predicted molar refractivity (Wildman–Crippen MR) is 76.4 cm³/mol. The number of fused-ring (bicyclic) bond motifs is 1. The first-order valence-electron chi connectivity index (χ1n) is 6.34. The molecule has 5 heteroatoms. The van der Waals surface area contributed by atoms with Crippen LogP contribution in [0.5, 0.6) is 0 Å². The van der Waals surface area contributed by atoms with Gasteiger partial charge in [-0.3, -0.25) is 9.48 Å². The van der Waals surface area contributed by atoms with Crippen LogP contribution in [0.3, 0.4) is 0 Å². The average molecular weight is 273 g/mol. The van der Waals surface area contributed by atoms with Gasteiger partial charge in [0.2, 0.25) is 5.91 Å². The van der Waals surface area contributed by atoms with Gasteiger partial charge >= 0.3 is 0 Å². The molecule has 0 radical (unpaired) electrons. The molecule has 1 aliphatic rings. The van der Waals surface area contributed by atoms with Gasteiger partial charge in [0.05, 0.1) is 5.69 Å². The van der Waals surface area contributed by atoms with E-state index in [2.05, 4.69) is 11.2 Å². The molecule has 2 aromatic rings. The number of thioether (sulfide) groups is 1. The lowest BCUT2D eigenvalue weighted by molar-refractivity contribution is -0.119. The van der Waals surface area contributed by atoms with E-state index in [1.807, 2.05) is 47.1 Å². The van der Waals surface area contributed by atoms with Gasteiger partial charge in [-0.05, 0) is 30.4 Å². The third-order valence-electron chi connectivity index (χ3n) is 3.10. The van der Waals surface area contributed by atoms with Crippen LogP contribution in [0.2, 0.25) is 0 Å². The summed E-state index contributed by atoms with van der Waals surface area (Å²) in [6.07, 6.45) is 4.53. The average Bonchev–Trinajstić information content (AvgIpc) is 2.83. The zero-order valence-corrected chi connectivity index (χ0v) is 11.3. The Hall–Kier alpha value is -1.75. The molecular formula is C14H15N3OS. The number of hydrogen-bond acceptors (Lipinski definition) is 3. The lowest BCUT2D eigenvalue weighted by Crippen LogP contribution is -2.34. The molecule has 0 atom stereocenters. The van der Waals surface area contributed by atoms with Gasteiger partial charge in [0.15, 0.2) is 0 Å². The van der Waals surface area contributed by atoms with Crippen molar-refractivity contribution in [2.24, 2.45) is 0 Å². The maximum Gasteiger partial charge on any atom is 0.248 e. The van der Waals surface area contributed by atoms with Crippen LogP contribution >= 0.6 is 11.8 Å². The van der Waals surface area contributed by atoms with Crippen LogP contribution in [-0.2, 0) is 11.3 Å². The minimum absolute atomic E-state index is 0.0960. The molecule has 0 N–H and O–H groups in total. The van der Waals surface area contributed by atoms with Crippen molar-refractivity contribution in [3.05, 3.63) is 42.7 Å². The highest BCUT2D eigenvalue weighted by Gasteiger charge is 2.21. The van der Waals surface area contributed by atoms with E-state index in [1.165, 1.54) is 4.90 Å². The van der Waals surface area contributed by atoms with Gasteiger partial charge in [-0.2, -0.15) is 5.10 Å². The van der Waals surface area contributed by atoms with Gasteiger partial charge in [-0.1, -0.05) is 12.1 Å². The number of aromatic nitrogens is 2. The van der Waals surface area contributed by atoms with Gasteiger partial charge < -0.3 is 4.90 Å². The van der Waals surface area contributed by atoms with Crippen LogP contribution in [0, 0.1) is 0 Å². The topological polar surface area (TPSA) is 38.1 Å². The molecule has 0 spiro atoms. The zero-order chi connectivity index (χ0) is 13.1. The molecule has 0 bridgehead atoms. The van der Waals surface area contributed by atoms with Crippen molar-refractivity contribution >= 4 is 23.4 Å². The summed E-state index contributed by atoms with van der Waals surface area (Å²) in [4.78, 5) is 15.5. The molecule has 0 aliphatic carbocycles. The summed E-state index contributed by atoms with van der Waals surface area (Å²) in [6, 6.07) is 9.94. The van der Waals surface area contributed by atoms with Crippen LogP contribution in [0.15, 0.2) is 47.6 Å². The molecule has 98 valence electrons. The predicted octanol–water partition coefficient (Wildman–Crippen LogP) is 2.41. The molecule has 0 saturated carbocycles. The lowest BCUT2D eigenvalue weighted by Gasteiger charge is -2.22. The quantitative estimate of drug-likeness (QED) is 0.843.